The maximum Gasteiger partial charge on any atom is 0.409 e. The number of nitrogens with one attached hydrogen (secondary N) is 1. The Labute approximate surface area is 81.7 Å². The first-order valence-corrected chi connectivity index (χ1v) is 4.12. The molecule has 0 aliphatic heterocycles. The smallest absolute Gasteiger partial charge is 0.409 e. The lowest BCUT2D eigenvalue weighted by molar-refractivity contribution is 0.210. The van der Waals surface area contributed by atoms with Gasteiger partial charge in [0.05, 0.1) is 0 Å². The maximum absolute atomic E-state index is 12.8. The van der Waals surface area contributed by atoms with Crippen LogP contribution in [-0.4, -0.2) is 11.2 Å². The molecule has 0 atom stereocenters. The second-order valence-electron chi connectivity index (χ2n) is 2.06. The van der Waals surface area contributed by atoms with E-state index in [4.69, 9.17) is 5.11 Å². The van der Waals surface area contributed by atoms with E-state index in [1.54, 1.807) is 0 Å². The number of amides is 1. The number of anilines is 1. The first-order valence-electron chi connectivity index (χ1n) is 3.04. The molecular weight excluding hydrogens is 276 g/mol. The van der Waals surface area contributed by atoms with Crippen LogP contribution in [0, 0.1) is 9.39 Å². The summed E-state index contributed by atoms with van der Waals surface area (Å²) in [6.45, 7) is 0. The van der Waals surface area contributed by atoms with Crippen LogP contribution < -0.4 is 5.32 Å². The largest absolute Gasteiger partial charge is 0.465 e. The van der Waals surface area contributed by atoms with Crippen LogP contribution in [0.1, 0.15) is 0 Å². The van der Waals surface area contributed by atoms with Gasteiger partial charge in [-0.25, -0.2) is 9.18 Å². The topological polar surface area (TPSA) is 49.3 Å². The van der Waals surface area contributed by atoms with Crippen molar-refractivity contribution in [2.45, 2.75) is 0 Å². The van der Waals surface area contributed by atoms with Crippen LogP contribution >= 0.6 is 22.6 Å². The van der Waals surface area contributed by atoms with Gasteiger partial charge in [0.15, 0.2) is 0 Å². The molecule has 5 heteroatoms. The number of benzene rings is 1. The number of rotatable bonds is 1. The molecule has 0 unspecified atom stereocenters. The molecule has 1 amide bonds. The maximum atomic E-state index is 12.8. The van der Waals surface area contributed by atoms with Crippen LogP contribution in [0.4, 0.5) is 14.9 Å². The second kappa shape index (κ2) is 3.70. The van der Waals surface area contributed by atoms with Gasteiger partial charge in [-0.05, 0) is 40.8 Å². The molecule has 12 heavy (non-hydrogen) atoms. The van der Waals surface area contributed by atoms with E-state index in [9.17, 15) is 9.18 Å². The predicted octanol–water partition coefficient (Wildman–Crippen LogP) is 2.52. The molecular formula is C7H5FINO2. The van der Waals surface area contributed by atoms with Crippen LogP contribution in [0.5, 0.6) is 0 Å². The molecule has 0 aliphatic carbocycles. The number of halogens is 2. The van der Waals surface area contributed by atoms with Gasteiger partial charge in [-0.1, -0.05) is 0 Å². The van der Waals surface area contributed by atoms with Crippen molar-refractivity contribution in [2.24, 2.45) is 0 Å². The Hall–Kier alpha value is -0.850. The van der Waals surface area contributed by atoms with Crippen molar-refractivity contribution in [1.29, 1.82) is 0 Å². The third-order valence-electron chi connectivity index (χ3n) is 1.17. The molecule has 0 heterocycles. The summed E-state index contributed by atoms with van der Waals surface area (Å²) in [6, 6.07) is 4.13. The monoisotopic (exact) mass is 281 g/mol. The summed E-state index contributed by atoms with van der Waals surface area (Å²) in [7, 11) is 0. The Morgan fingerprint density at radius 3 is 2.75 bits per heavy atom. The van der Waals surface area contributed by atoms with Crippen molar-refractivity contribution >= 4 is 34.4 Å². The standard InChI is InChI=1S/C7H5FINO2/c8-5-3-4(10-7(11)12)1-2-6(5)9/h1-3,10H,(H,11,12). The average Bonchev–Trinajstić information content (AvgIpc) is 1.96. The molecule has 1 aromatic carbocycles. The van der Waals surface area contributed by atoms with Gasteiger partial charge in [0.1, 0.15) is 5.82 Å². The van der Waals surface area contributed by atoms with Gasteiger partial charge in [-0.3, -0.25) is 5.32 Å². The highest BCUT2D eigenvalue weighted by molar-refractivity contribution is 14.1. The van der Waals surface area contributed by atoms with Crippen molar-refractivity contribution < 1.29 is 14.3 Å². The summed E-state index contributed by atoms with van der Waals surface area (Å²) >= 11 is 1.82. The lowest BCUT2D eigenvalue weighted by Crippen LogP contribution is -2.07. The Kier molecular flexibility index (Phi) is 2.85. The highest BCUT2D eigenvalue weighted by Gasteiger charge is 2.01. The molecule has 0 saturated carbocycles. The lowest BCUT2D eigenvalue weighted by atomic mass is 10.3. The van der Waals surface area contributed by atoms with E-state index in [1.807, 2.05) is 27.9 Å². The number of carboxylic acid groups (broad SMARTS) is 1. The number of carbonyl (C=O) groups is 1. The molecule has 0 spiro atoms. The fourth-order valence-electron chi connectivity index (χ4n) is 0.697. The zero-order valence-corrected chi connectivity index (χ0v) is 8.00. The molecule has 0 bridgehead atoms. The van der Waals surface area contributed by atoms with E-state index in [0.717, 1.165) is 6.07 Å². The van der Waals surface area contributed by atoms with Crippen LogP contribution in [0.25, 0.3) is 0 Å². The van der Waals surface area contributed by atoms with E-state index in [-0.39, 0.29) is 5.69 Å². The summed E-state index contributed by atoms with van der Waals surface area (Å²) in [4.78, 5) is 10.1. The van der Waals surface area contributed by atoms with Gasteiger partial charge in [-0.15, -0.1) is 0 Å². The van der Waals surface area contributed by atoms with Gasteiger partial charge in [0.2, 0.25) is 0 Å². The molecule has 0 saturated heterocycles. The molecule has 3 nitrogen and oxygen atoms in total. The average molecular weight is 281 g/mol. The molecule has 0 aromatic heterocycles. The minimum Gasteiger partial charge on any atom is -0.465 e. The molecule has 1 aromatic rings. The van der Waals surface area contributed by atoms with Gasteiger partial charge in [0.25, 0.3) is 0 Å². The Morgan fingerprint density at radius 2 is 2.25 bits per heavy atom. The second-order valence-corrected chi connectivity index (χ2v) is 3.22. The highest BCUT2D eigenvalue weighted by Crippen LogP contribution is 2.15. The van der Waals surface area contributed by atoms with Crippen molar-refractivity contribution in [1.82, 2.24) is 0 Å². The van der Waals surface area contributed by atoms with Gasteiger partial charge in [0, 0.05) is 9.26 Å². The Bertz CT molecular complexity index is 316. The van der Waals surface area contributed by atoms with E-state index in [1.165, 1.54) is 12.1 Å². The van der Waals surface area contributed by atoms with Crippen molar-refractivity contribution in [3.63, 3.8) is 0 Å². The number of hydrogen-bond donors (Lipinski definition) is 2. The van der Waals surface area contributed by atoms with Crippen molar-refractivity contribution in [3.05, 3.63) is 27.6 Å². The van der Waals surface area contributed by atoms with Crippen LogP contribution in [0.15, 0.2) is 18.2 Å². The van der Waals surface area contributed by atoms with Crippen molar-refractivity contribution in [2.75, 3.05) is 5.32 Å². The molecule has 0 radical (unpaired) electrons. The summed E-state index contributed by atoms with van der Waals surface area (Å²) in [5.74, 6) is -0.429. The molecule has 1 rings (SSSR count). The van der Waals surface area contributed by atoms with E-state index in [0.29, 0.717) is 3.57 Å². The highest BCUT2D eigenvalue weighted by atomic mass is 127. The minimum absolute atomic E-state index is 0.236. The van der Waals surface area contributed by atoms with Crippen LogP contribution in [-0.2, 0) is 0 Å². The summed E-state index contributed by atoms with van der Waals surface area (Å²) in [5, 5.41) is 10.3. The van der Waals surface area contributed by atoms with Gasteiger partial charge in [-0.2, -0.15) is 0 Å². The fourth-order valence-corrected chi connectivity index (χ4v) is 1.03. The SMILES string of the molecule is O=C(O)Nc1ccc(I)c(F)c1. The zero-order chi connectivity index (χ0) is 9.14. The third kappa shape index (κ3) is 2.33. The van der Waals surface area contributed by atoms with E-state index < -0.39 is 11.9 Å². The molecule has 0 fully saturated rings. The minimum atomic E-state index is -1.20. The van der Waals surface area contributed by atoms with E-state index >= 15 is 0 Å². The summed E-state index contributed by atoms with van der Waals surface area (Å²) in [6.07, 6.45) is -1.20. The quantitative estimate of drug-likeness (QED) is 0.777. The predicted molar refractivity (Wildman–Crippen MR) is 50.8 cm³/mol. The van der Waals surface area contributed by atoms with Crippen LogP contribution in [0.3, 0.4) is 0 Å². The number of hydrogen-bond acceptors (Lipinski definition) is 1. The first kappa shape index (κ1) is 9.24. The Balaban J connectivity index is 2.89. The summed E-state index contributed by atoms with van der Waals surface area (Å²) < 4.78 is 13.3. The Morgan fingerprint density at radius 1 is 1.58 bits per heavy atom. The molecule has 0 aliphatic rings. The zero-order valence-electron chi connectivity index (χ0n) is 5.84. The first-order chi connectivity index (χ1) is 5.59. The fraction of sp³-hybridized carbons (Fsp3) is 0. The third-order valence-corrected chi connectivity index (χ3v) is 2.05. The van der Waals surface area contributed by atoms with Crippen molar-refractivity contribution in [3.8, 4) is 0 Å². The lowest BCUT2D eigenvalue weighted by Gasteiger charge is -2.00. The molecule has 64 valence electrons. The van der Waals surface area contributed by atoms with Crippen LogP contribution in [0.2, 0.25) is 0 Å². The normalized spacial score (nSPS) is 9.50. The summed E-state index contributed by atoms with van der Waals surface area (Å²) in [5.41, 5.74) is 0.236. The van der Waals surface area contributed by atoms with E-state index in [2.05, 4.69) is 0 Å². The van der Waals surface area contributed by atoms with Gasteiger partial charge < -0.3 is 5.11 Å². The molecule has 2 N–H and O–H groups in total. The van der Waals surface area contributed by atoms with Gasteiger partial charge >= 0.3 is 6.09 Å².